The third-order valence-corrected chi connectivity index (χ3v) is 3.74. The largest absolute Gasteiger partial charge is 0.392 e. The van der Waals surface area contributed by atoms with Gasteiger partial charge in [-0.25, -0.2) is 4.68 Å². The molecule has 1 aromatic heterocycles. The van der Waals surface area contributed by atoms with E-state index in [4.69, 9.17) is 5.11 Å². The van der Waals surface area contributed by atoms with Gasteiger partial charge < -0.3 is 10.4 Å². The average molecular weight is 338 g/mol. The van der Waals surface area contributed by atoms with Gasteiger partial charge in [0, 0.05) is 13.1 Å². The minimum Gasteiger partial charge on any atom is -0.392 e. The molecule has 0 saturated heterocycles. The van der Waals surface area contributed by atoms with Crippen molar-refractivity contribution in [2.24, 2.45) is 0 Å². The van der Waals surface area contributed by atoms with Gasteiger partial charge in [-0.2, -0.15) is 5.10 Å². The van der Waals surface area contributed by atoms with Gasteiger partial charge in [-0.15, -0.1) is 0 Å². The third kappa shape index (κ3) is 3.26. The number of anilines is 1. The van der Waals surface area contributed by atoms with Crippen LogP contribution >= 0.6 is 15.9 Å². The molecule has 0 amide bonds. The lowest BCUT2D eigenvalue weighted by molar-refractivity contribution is 0.282. The summed E-state index contributed by atoms with van der Waals surface area (Å²) in [4.78, 5) is 11.9. The van der Waals surface area contributed by atoms with Gasteiger partial charge in [0.05, 0.1) is 18.5 Å². The van der Waals surface area contributed by atoms with Crippen LogP contribution in [0.1, 0.15) is 18.1 Å². The average Bonchev–Trinajstić information content (AvgIpc) is 2.49. The maximum absolute atomic E-state index is 11.9. The maximum atomic E-state index is 11.9. The van der Waals surface area contributed by atoms with E-state index in [0.717, 1.165) is 11.1 Å². The van der Waals surface area contributed by atoms with Crippen molar-refractivity contribution < 1.29 is 5.11 Å². The molecule has 0 radical (unpaired) electrons. The molecule has 1 heterocycles. The van der Waals surface area contributed by atoms with E-state index in [1.807, 2.05) is 31.2 Å². The van der Waals surface area contributed by atoms with Gasteiger partial charge >= 0.3 is 0 Å². The van der Waals surface area contributed by atoms with Crippen molar-refractivity contribution in [2.45, 2.75) is 26.6 Å². The van der Waals surface area contributed by atoms with Crippen LogP contribution in [0.15, 0.2) is 39.7 Å². The quantitative estimate of drug-likeness (QED) is 0.877. The van der Waals surface area contributed by atoms with Gasteiger partial charge in [-0.1, -0.05) is 24.3 Å². The first-order chi connectivity index (χ1) is 9.65. The predicted octanol–water partition coefficient (Wildman–Crippen LogP) is 2.13. The molecule has 2 N–H and O–H groups in total. The lowest BCUT2D eigenvalue weighted by Gasteiger charge is -2.10. The van der Waals surface area contributed by atoms with Crippen molar-refractivity contribution in [2.75, 3.05) is 5.32 Å². The highest BCUT2D eigenvalue weighted by Gasteiger charge is 2.07. The van der Waals surface area contributed by atoms with Crippen LogP contribution in [0.3, 0.4) is 0 Å². The number of rotatable bonds is 5. The SMILES string of the molecule is CCn1ncc(NCc2ccc(CO)cc2)c(Br)c1=O. The van der Waals surface area contributed by atoms with Gasteiger partial charge in [0.2, 0.25) is 0 Å². The van der Waals surface area contributed by atoms with E-state index < -0.39 is 0 Å². The molecule has 5 nitrogen and oxygen atoms in total. The fourth-order valence-corrected chi connectivity index (χ4v) is 2.22. The topological polar surface area (TPSA) is 67.2 Å². The Morgan fingerprint density at radius 3 is 2.55 bits per heavy atom. The molecule has 0 unspecified atom stereocenters. The zero-order chi connectivity index (χ0) is 14.5. The second-order valence-electron chi connectivity index (χ2n) is 4.32. The fourth-order valence-electron chi connectivity index (χ4n) is 1.77. The Morgan fingerprint density at radius 1 is 1.30 bits per heavy atom. The number of nitrogens with one attached hydrogen (secondary N) is 1. The summed E-state index contributed by atoms with van der Waals surface area (Å²) in [6.45, 7) is 3.04. The number of nitrogens with zero attached hydrogens (tertiary/aromatic N) is 2. The Bertz CT molecular complexity index is 638. The Morgan fingerprint density at radius 2 is 1.95 bits per heavy atom. The van der Waals surface area contributed by atoms with Crippen molar-refractivity contribution in [3.8, 4) is 0 Å². The molecule has 1 aromatic carbocycles. The number of hydrogen-bond acceptors (Lipinski definition) is 4. The van der Waals surface area contributed by atoms with Crippen molar-refractivity contribution in [1.29, 1.82) is 0 Å². The number of aromatic nitrogens is 2. The van der Waals surface area contributed by atoms with Gasteiger partial charge in [0.1, 0.15) is 4.47 Å². The Kier molecular flexibility index (Phi) is 4.92. The van der Waals surface area contributed by atoms with E-state index >= 15 is 0 Å². The lowest BCUT2D eigenvalue weighted by atomic mass is 10.1. The van der Waals surface area contributed by atoms with Crippen LogP contribution in [0, 0.1) is 0 Å². The summed E-state index contributed by atoms with van der Waals surface area (Å²) >= 11 is 3.30. The Labute approximate surface area is 125 Å². The van der Waals surface area contributed by atoms with Gasteiger partial charge in [0.25, 0.3) is 5.56 Å². The Hall–Kier alpha value is -1.66. The second kappa shape index (κ2) is 6.67. The summed E-state index contributed by atoms with van der Waals surface area (Å²) in [6.07, 6.45) is 1.64. The zero-order valence-corrected chi connectivity index (χ0v) is 12.7. The summed E-state index contributed by atoms with van der Waals surface area (Å²) in [5.74, 6) is 0. The molecule has 6 heteroatoms. The number of halogens is 1. The smallest absolute Gasteiger partial charge is 0.283 e. The molecular formula is C14H16BrN3O2. The molecule has 0 bridgehead atoms. The Balaban J connectivity index is 2.10. The molecule has 0 saturated carbocycles. The van der Waals surface area contributed by atoms with Crippen LogP contribution in [0.25, 0.3) is 0 Å². The van der Waals surface area contributed by atoms with E-state index in [2.05, 4.69) is 26.3 Å². The van der Waals surface area contributed by atoms with E-state index in [0.29, 0.717) is 23.2 Å². The number of aryl methyl sites for hydroxylation is 1. The highest BCUT2D eigenvalue weighted by atomic mass is 79.9. The first kappa shape index (κ1) is 14.7. The summed E-state index contributed by atoms with van der Waals surface area (Å²) < 4.78 is 1.88. The summed E-state index contributed by atoms with van der Waals surface area (Å²) in [6, 6.07) is 7.62. The molecule has 106 valence electrons. The molecule has 0 aliphatic rings. The molecule has 0 spiro atoms. The number of hydrogen-bond donors (Lipinski definition) is 2. The van der Waals surface area contributed by atoms with E-state index in [9.17, 15) is 4.79 Å². The summed E-state index contributed by atoms with van der Waals surface area (Å²) in [5.41, 5.74) is 2.47. The molecule has 0 atom stereocenters. The molecule has 0 fully saturated rings. The van der Waals surface area contributed by atoms with Crippen LogP contribution in [0.5, 0.6) is 0 Å². The fraction of sp³-hybridized carbons (Fsp3) is 0.286. The third-order valence-electron chi connectivity index (χ3n) is 2.97. The molecule has 0 aliphatic carbocycles. The lowest BCUT2D eigenvalue weighted by Crippen LogP contribution is -2.23. The predicted molar refractivity (Wildman–Crippen MR) is 81.6 cm³/mol. The monoisotopic (exact) mass is 337 g/mol. The number of aliphatic hydroxyl groups is 1. The normalized spacial score (nSPS) is 10.6. The zero-order valence-electron chi connectivity index (χ0n) is 11.1. The van der Waals surface area contributed by atoms with Crippen molar-refractivity contribution >= 4 is 21.6 Å². The van der Waals surface area contributed by atoms with Crippen molar-refractivity contribution in [3.05, 3.63) is 56.4 Å². The first-order valence-electron chi connectivity index (χ1n) is 6.34. The van der Waals surface area contributed by atoms with Crippen molar-refractivity contribution in [1.82, 2.24) is 9.78 Å². The van der Waals surface area contributed by atoms with Crippen LogP contribution < -0.4 is 10.9 Å². The number of aliphatic hydroxyl groups excluding tert-OH is 1. The summed E-state index contributed by atoms with van der Waals surface area (Å²) in [5, 5.41) is 16.2. The van der Waals surface area contributed by atoms with Crippen LogP contribution in [-0.2, 0) is 19.7 Å². The molecule has 2 rings (SSSR count). The van der Waals surface area contributed by atoms with E-state index in [1.165, 1.54) is 4.68 Å². The van der Waals surface area contributed by atoms with Gasteiger partial charge in [-0.3, -0.25) is 4.79 Å². The number of benzene rings is 1. The van der Waals surface area contributed by atoms with Gasteiger partial charge in [0.15, 0.2) is 0 Å². The van der Waals surface area contributed by atoms with Crippen LogP contribution in [-0.4, -0.2) is 14.9 Å². The minimum atomic E-state index is -0.145. The molecule has 20 heavy (non-hydrogen) atoms. The second-order valence-corrected chi connectivity index (χ2v) is 5.11. The molecule has 2 aromatic rings. The molecular weight excluding hydrogens is 322 g/mol. The molecule has 0 aliphatic heterocycles. The van der Waals surface area contributed by atoms with Crippen LogP contribution in [0.4, 0.5) is 5.69 Å². The standard InChI is InChI=1S/C14H16BrN3O2/c1-2-18-14(20)13(15)12(8-17-18)16-7-10-3-5-11(9-19)6-4-10/h3-6,8,16,19H,2,7,9H2,1H3. The summed E-state index contributed by atoms with van der Waals surface area (Å²) in [7, 11) is 0. The van der Waals surface area contributed by atoms with Crippen molar-refractivity contribution in [3.63, 3.8) is 0 Å². The maximum Gasteiger partial charge on any atom is 0.283 e. The van der Waals surface area contributed by atoms with E-state index in [-0.39, 0.29) is 12.2 Å². The first-order valence-corrected chi connectivity index (χ1v) is 7.13. The highest BCUT2D eigenvalue weighted by Crippen LogP contribution is 2.17. The van der Waals surface area contributed by atoms with Gasteiger partial charge in [-0.05, 0) is 34.0 Å². The minimum absolute atomic E-state index is 0.0401. The highest BCUT2D eigenvalue weighted by molar-refractivity contribution is 9.10. The van der Waals surface area contributed by atoms with Crippen LogP contribution in [0.2, 0.25) is 0 Å². The van der Waals surface area contributed by atoms with E-state index in [1.54, 1.807) is 6.20 Å².